The summed E-state index contributed by atoms with van der Waals surface area (Å²) < 4.78 is 0.968. The Balaban J connectivity index is 2.22. The summed E-state index contributed by atoms with van der Waals surface area (Å²) in [5.74, 6) is 0.814. The van der Waals surface area contributed by atoms with Gasteiger partial charge in [0.25, 0.3) is 0 Å². The highest BCUT2D eigenvalue weighted by Crippen LogP contribution is 2.18. The summed E-state index contributed by atoms with van der Waals surface area (Å²) in [6, 6.07) is 5.82. The predicted octanol–water partition coefficient (Wildman–Crippen LogP) is 3.29. The number of rotatable bonds is 2. The van der Waals surface area contributed by atoms with Gasteiger partial charge in [-0.3, -0.25) is 4.98 Å². The molecular weight excluding hydrogens is 254 g/mol. The Morgan fingerprint density at radius 2 is 2.07 bits per heavy atom. The molecule has 3 nitrogen and oxygen atoms in total. The molecule has 0 aliphatic carbocycles. The van der Waals surface area contributed by atoms with Crippen molar-refractivity contribution < 1.29 is 0 Å². The van der Waals surface area contributed by atoms with Crippen LogP contribution >= 0.6 is 15.9 Å². The van der Waals surface area contributed by atoms with Crippen molar-refractivity contribution in [3.8, 4) is 0 Å². The third kappa shape index (κ3) is 2.53. The largest absolute Gasteiger partial charge is 0.339 e. The van der Waals surface area contributed by atoms with Crippen molar-refractivity contribution in [1.82, 2.24) is 9.97 Å². The quantitative estimate of drug-likeness (QED) is 0.904. The Morgan fingerprint density at radius 1 is 1.20 bits per heavy atom. The molecule has 0 spiro atoms. The summed E-state index contributed by atoms with van der Waals surface area (Å²) in [6.07, 6.45) is 5.32. The molecule has 0 saturated heterocycles. The van der Waals surface area contributed by atoms with E-state index in [-0.39, 0.29) is 0 Å². The van der Waals surface area contributed by atoms with Gasteiger partial charge in [-0.15, -0.1) is 0 Å². The highest BCUT2D eigenvalue weighted by atomic mass is 79.9. The zero-order valence-corrected chi connectivity index (χ0v) is 9.82. The number of aromatic nitrogens is 2. The fourth-order valence-corrected chi connectivity index (χ4v) is 1.42. The molecule has 0 bridgehead atoms. The second kappa shape index (κ2) is 4.40. The number of hydrogen-bond acceptors (Lipinski definition) is 3. The Bertz CT molecular complexity index is 454. The van der Waals surface area contributed by atoms with E-state index in [0.717, 1.165) is 21.5 Å². The first kappa shape index (κ1) is 10.1. The van der Waals surface area contributed by atoms with E-state index in [2.05, 4.69) is 31.2 Å². The number of anilines is 2. The Morgan fingerprint density at radius 3 is 2.73 bits per heavy atom. The normalized spacial score (nSPS) is 10.0. The molecule has 0 radical (unpaired) electrons. The SMILES string of the molecule is Cc1ccncc1Nc1ccc(Br)cn1. The topological polar surface area (TPSA) is 37.8 Å². The molecule has 0 unspecified atom stereocenters. The molecule has 0 fully saturated rings. The Hall–Kier alpha value is -1.42. The summed E-state index contributed by atoms with van der Waals surface area (Å²) in [7, 11) is 0. The van der Waals surface area contributed by atoms with Gasteiger partial charge >= 0.3 is 0 Å². The van der Waals surface area contributed by atoms with Gasteiger partial charge in [0, 0.05) is 16.9 Å². The minimum atomic E-state index is 0.814. The zero-order chi connectivity index (χ0) is 10.7. The fourth-order valence-electron chi connectivity index (χ4n) is 1.18. The first-order valence-electron chi connectivity index (χ1n) is 4.55. The van der Waals surface area contributed by atoms with Crippen molar-refractivity contribution in [2.45, 2.75) is 6.92 Å². The molecule has 0 aliphatic heterocycles. The summed E-state index contributed by atoms with van der Waals surface area (Å²) in [5.41, 5.74) is 2.13. The van der Waals surface area contributed by atoms with Crippen molar-refractivity contribution in [3.63, 3.8) is 0 Å². The maximum atomic E-state index is 4.23. The molecule has 1 N–H and O–H groups in total. The molecule has 0 aliphatic rings. The van der Waals surface area contributed by atoms with Crippen LogP contribution in [0.25, 0.3) is 0 Å². The smallest absolute Gasteiger partial charge is 0.130 e. The number of hydrogen-bond donors (Lipinski definition) is 1. The van der Waals surface area contributed by atoms with Gasteiger partial charge in [-0.1, -0.05) is 0 Å². The van der Waals surface area contributed by atoms with E-state index >= 15 is 0 Å². The summed E-state index contributed by atoms with van der Waals surface area (Å²) in [6.45, 7) is 2.03. The molecule has 0 atom stereocenters. The molecular formula is C11H10BrN3. The van der Waals surface area contributed by atoms with Crippen LogP contribution in [-0.4, -0.2) is 9.97 Å². The minimum Gasteiger partial charge on any atom is -0.339 e. The van der Waals surface area contributed by atoms with Crippen LogP contribution in [0.2, 0.25) is 0 Å². The van der Waals surface area contributed by atoms with E-state index in [9.17, 15) is 0 Å². The molecule has 4 heteroatoms. The lowest BCUT2D eigenvalue weighted by atomic mass is 10.2. The molecule has 0 saturated carbocycles. The first-order chi connectivity index (χ1) is 7.25. The Labute approximate surface area is 96.7 Å². The van der Waals surface area contributed by atoms with Crippen LogP contribution in [-0.2, 0) is 0 Å². The fraction of sp³-hybridized carbons (Fsp3) is 0.0909. The standard InChI is InChI=1S/C11H10BrN3/c1-8-4-5-13-7-10(8)15-11-3-2-9(12)6-14-11/h2-7H,1H3,(H,14,15). The van der Waals surface area contributed by atoms with E-state index < -0.39 is 0 Å². The first-order valence-corrected chi connectivity index (χ1v) is 5.34. The summed E-state index contributed by atoms with van der Waals surface area (Å²) in [4.78, 5) is 8.29. The molecule has 2 aromatic rings. The monoisotopic (exact) mass is 263 g/mol. The van der Waals surface area contributed by atoms with E-state index in [1.165, 1.54) is 0 Å². The van der Waals surface area contributed by atoms with Gasteiger partial charge < -0.3 is 5.32 Å². The van der Waals surface area contributed by atoms with Gasteiger partial charge in [0.1, 0.15) is 5.82 Å². The predicted molar refractivity (Wildman–Crippen MR) is 64.2 cm³/mol. The molecule has 2 aromatic heterocycles. The van der Waals surface area contributed by atoms with Crippen molar-refractivity contribution in [1.29, 1.82) is 0 Å². The van der Waals surface area contributed by atoms with Crippen LogP contribution in [0.15, 0.2) is 41.3 Å². The second-order valence-corrected chi connectivity index (χ2v) is 4.09. The molecule has 2 heterocycles. The van der Waals surface area contributed by atoms with Gasteiger partial charge in [-0.05, 0) is 46.6 Å². The van der Waals surface area contributed by atoms with Crippen molar-refractivity contribution in [3.05, 3.63) is 46.8 Å². The summed E-state index contributed by atoms with van der Waals surface area (Å²) >= 11 is 3.34. The van der Waals surface area contributed by atoms with Crippen LogP contribution in [0.5, 0.6) is 0 Å². The molecule has 0 amide bonds. The van der Waals surface area contributed by atoms with Gasteiger partial charge in [-0.2, -0.15) is 0 Å². The number of nitrogens with one attached hydrogen (secondary N) is 1. The van der Waals surface area contributed by atoms with Crippen LogP contribution in [0.3, 0.4) is 0 Å². The van der Waals surface area contributed by atoms with Gasteiger partial charge in [-0.25, -0.2) is 4.98 Å². The number of aryl methyl sites for hydroxylation is 1. The van der Waals surface area contributed by atoms with E-state index in [4.69, 9.17) is 0 Å². The molecule has 15 heavy (non-hydrogen) atoms. The maximum Gasteiger partial charge on any atom is 0.130 e. The minimum absolute atomic E-state index is 0.814. The summed E-state index contributed by atoms with van der Waals surface area (Å²) in [5, 5.41) is 3.20. The van der Waals surface area contributed by atoms with Crippen LogP contribution in [0, 0.1) is 6.92 Å². The van der Waals surface area contributed by atoms with Crippen molar-refractivity contribution >= 4 is 27.4 Å². The highest BCUT2D eigenvalue weighted by Gasteiger charge is 1.98. The van der Waals surface area contributed by atoms with Crippen molar-refractivity contribution in [2.24, 2.45) is 0 Å². The van der Waals surface area contributed by atoms with Crippen molar-refractivity contribution in [2.75, 3.05) is 5.32 Å². The van der Waals surface area contributed by atoms with E-state index in [0.29, 0.717) is 0 Å². The average molecular weight is 264 g/mol. The zero-order valence-electron chi connectivity index (χ0n) is 8.24. The third-order valence-electron chi connectivity index (χ3n) is 2.03. The number of halogens is 1. The van der Waals surface area contributed by atoms with E-state index in [1.54, 1.807) is 18.6 Å². The van der Waals surface area contributed by atoms with E-state index in [1.807, 2.05) is 25.1 Å². The lowest BCUT2D eigenvalue weighted by Gasteiger charge is -2.07. The lowest BCUT2D eigenvalue weighted by Crippen LogP contribution is -1.95. The van der Waals surface area contributed by atoms with Crippen LogP contribution < -0.4 is 5.32 Å². The molecule has 0 aromatic carbocycles. The number of nitrogens with zero attached hydrogens (tertiary/aromatic N) is 2. The molecule has 2 rings (SSSR count). The average Bonchev–Trinajstić information content (AvgIpc) is 2.25. The van der Waals surface area contributed by atoms with Gasteiger partial charge in [0.2, 0.25) is 0 Å². The van der Waals surface area contributed by atoms with Crippen LogP contribution in [0.1, 0.15) is 5.56 Å². The lowest BCUT2D eigenvalue weighted by molar-refractivity contribution is 1.24. The van der Waals surface area contributed by atoms with Gasteiger partial charge in [0.15, 0.2) is 0 Å². The Kier molecular flexibility index (Phi) is 2.97. The van der Waals surface area contributed by atoms with Gasteiger partial charge in [0.05, 0.1) is 11.9 Å². The maximum absolute atomic E-state index is 4.23. The molecule has 76 valence electrons. The highest BCUT2D eigenvalue weighted by molar-refractivity contribution is 9.10. The number of pyridine rings is 2. The third-order valence-corrected chi connectivity index (χ3v) is 2.50. The second-order valence-electron chi connectivity index (χ2n) is 3.18. The van der Waals surface area contributed by atoms with Crippen LogP contribution in [0.4, 0.5) is 11.5 Å².